The molecule has 0 atom stereocenters. The van der Waals surface area contributed by atoms with Gasteiger partial charge in [-0.1, -0.05) is 62.4 Å². The molecule has 3 aromatic carbocycles. The van der Waals surface area contributed by atoms with Crippen LogP contribution in [0.1, 0.15) is 38.2 Å². The van der Waals surface area contributed by atoms with E-state index < -0.39 is 0 Å². The molecule has 0 aliphatic rings. The number of thiophene rings is 1. The van der Waals surface area contributed by atoms with E-state index in [0.29, 0.717) is 5.92 Å². The van der Waals surface area contributed by atoms with E-state index >= 15 is 0 Å². The van der Waals surface area contributed by atoms with Crippen LogP contribution in [0.15, 0.2) is 79.0 Å². The maximum Gasteiger partial charge on any atom is 0.128 e. The number of methoxy groups -OCH3 is 1. The summed E-state index contributed by atoms with van der Waals surface area (Å²) in [7, 11) is 1.75. The molecule has 2 nitrogen and oxygen atoms in total. The molecule has 0 aliphatic carbocycles. The summed E-state index contributed by atoms with van der Waals surface area (Å²) in [5, 5.41) is 2.42. The summed E-state index contributed by atoms with van der Waals surface area (Å²) in [6, 6.07) is 25.9. The molecule has 0 aliphatic heterocycles. The Bertz CT molecular complexity index is 1380. The van der Waals surface area contributed by atoms with E-state index in [1.807, 2.05) is 17.5 Å². The smallest absolute Gasteiger partial charge is 0.128 e. The number of ether oxygens (including phenoxy) is 1. The lowest BCUT2D eigenvalue weighted by atomic mass is 9.93. The minimum Gasteiger partial charge on any atom is -0.496 e. The first-order valence-electron chi connectivity index (χ1n) is 11.3. The van der Waals surface area contributed by atoms with E-state index in [1.54, 1.807) is 7.11 Å². The molecule has 0 saturated carbocycles. The number of nitrogens with zero attached hydrogens (tertiary/aromatic N) is 1. The van der Waals surface area contributed by atoms with Gasteiger partial charge in [-0.2, -0.15) is 0 Å². The lowest BCUT2D eigenvalue weighted by molar-refractivity contribution is 0.420. The Morgan fingerprint density at radius 2 is 1.66 bits per heavy atom. The normalized spacial score (nSPS) is 11.5. The molecule has 0 radical (unpaired) electrons. The van der Waals surface area contributed by atoms with Crippen LogP contribution in [0, 0.1) is 0 Å². The summed E-state index contributed by atoms with van der Waals surface area (Å²) < 4.78 is 8.33. The van der Waals surface area contributed by atoms with Crippen molar-refractivity contribution in [2.75, 3.05) is 7.11 Å². The van der Waals surface area contributed by atoms with E-state index in [1.165, 1.54) is 42.4 Å². The number of hydrogen-bond acceptors (Lipinski definition) is 3. The fourth-order valence-corrected chi connectivity index (χ4v) is 6.07. The minimum atomic E-state index is 0.567. The third kappa shape index (κ3) is 3.47. The van der Waals surface area contributed by atoms with Crippen molar-refractivity contribution in [3.05, 3.63) is 84.6 Å². The Hall–Kier alpha value is -3.17. The summed E-state index contributed by atoms with van der Waals surface area (Å²) >= 11 is 1.84. The molecule has 32 heavy (non-hydrogen) atoms. The van der Waals surface area contributed by atoms with Gasteiger partial charge in [0.2, 0.25) is 0 Å². The molecule has 160 valence electrons. The van der Waals surface area contributed by atoms with Gasteiger partial charge in [0.1, 0.15) is 5.75 Å². The maximum absolute atomic E-state index is 5.81. The van der Waals surface area contributed by atoms with Gasteiger partial charge in [-0.05, 0) is 59.7 Å². The number of aromatic nitrogens is 1. The average molecular weight is 438 g/mol. The van der Waals surface area contributed by atoms with Crippen LogP contribution in [0.2, 0.25) is 0 Å². The molecule has 0 N–H and O–H groups in total. The Morgan fingerprint density at radius 3 is 2.41 bits per heavy atom. The zero-order chi connectivity index (χ0) is 22.1. The zero-order valence-corrected chi connectivity index (χ0v) is 19.6. The Kier molecular flexibility index (Phi) is 5.67. The number of pyridine rings is 1. The van der Waals surface area contributed by atoms with Crippen LogP contribution >= 0.6 is 11.3 Å². The predicted octanol–water partition coefficient (Wildman–Crippen LogP) is 8.70. The third-order valence-electron chi connectivity index (χ3n) is 6.43. The van der Waals surface area contributed by atoms with Crippen LogP contribution in [0.25, 0.3) is 42.6 Å². The van der Waals surface area contributed by atoms with Crippen molar-refractivity contribution < 1.29 is 4.74 Å². The Balaban J connectivity index is 1.79. The zero-order valence-electron chi connectivity index (χ0n) is 18.8. The molecule has 0 bridgehead atoms. The molecule has 2 heterocycles. The second kappa shape index (κ2) is 8.76. The van der Waals surface area contributed by atoms with Crippen LogP contribution in [-0.2, 0) is 0 Å². The van der Waals surface area contributed by atoms with Gasteiger partial charge in [0.15, 0.2) is 0 Å². The molecule has 3 heteroatoms. The highest BCUT2D eigenvalue weighted by Crippen LogP contribution is 2.47. The van der Waals surface area contributed by atoms with E-state index in [-0.39, 0.29) is 0 Å². The molecule has 5 rings (SSSR count). The molecule has 0 amide bonds. The maximum atomic E-state index is 5.81. The monoisotopic (exact) mass is 437 g/mol. The predicted molar refractivity (Wildman–Crippen MR) is 138 cm³/mol. The number of hydrogen-bond donors (Lipinski definition) is 0. The first-order chi connectivity index (χ1) is 15.7. The first-order valence-corrected chi connectivity index (χ1v) is 12.1. The van der Waals surface area contributed by atoms with Gasteiger partial charge in [0.25, 0.3) is 0 Å². The van der Waals surface area contributed by atoms with Crippen LogP contribution in [0.4, 0.5) is 0 Å². The summed E-state index contributed by atoms with van der Waals surface area (Å²) in [5.74, 6) is 1.48. The van der Waals surface area contributed by atoms with Gasteiger partial charge in [-0.25, -0.2) is 0 Å². The van der Waals surface area contributed by atoms with E-state index in [2.05, 4.69) is 86.6 Å². The van der Waals surface area contributed by atoms with Crippen LogP contribution in [-0.4, -0.2) is 12.1 Å². The SMILES string of the molecule is CCC(CC)c1ccnc(-c2ccc(OC)c3c2sc2c(-c4ccccc4)cccc23)c1. The summed E-state index contributed by atoms with van der Waals surface area (Å²) in [6.45, 7) is 4.52. The molecular weight excluding hydrogens is 410 g/mol. The number of fused-ring (bicyclic) bond motifs is 3. The summed E-state index contributed by atoms with van der Waals surface area (Å²) in [4.78, 5) is 4.78. The standard InChI is InChI=1S/C29H27NOS/c1-4-19(5-2)21-16-17-30-25(18-21)23-14-15-26(31-3)27-24-13-9-12-22(28(24)32-29(23)27)20-10-7-6-8-11-20/h6-19H,4-5H2,1-3H3. The van der Waals surface area contributed by atoms with Crippen LogP contribution < -0.4 is 4.74 Å². The van der Waals surface area contributed by atoms with Gasteiger partial charge in [0, 0.05) is 31.9 Å². The van der Waals surface area contributed by atoms with Gasteiger partial charge in [-0.3, -0.25) is 4.98 Å². The topological polar surface area (TPSA) is 22.1 Å². The molecule has 0 unspecified atom stereocenters. The average Bonchev–Trinajstić information content (AvgIpc) is 3.25. The van der Waals surface area contributed by atoms with Crippen molar-refractivity contribution in [2.24, 2.45) is 0 Å². The second-order valence-electron chi connectivity index (χ2n) is 8.16. The Labute approximate surface area is 193 Å². The highest BCUT2D eigenvalue weighted by Gasteiger charge is 2.18. The first kappa shape index (κ1) is 20.7. The minimum absolute atomic E-state index is 0.567. The molecular formula is C29H27NOS. The van der Waals surface area contributed by atoms with Crippen molar-refractivity contribution in [1.82, 2.24) is 4.98 Å². The fraction of sp³-hybridized carbons (Fsp3) is 0.207. The summed E-state index contributed by atoms with van der Waals surface area (Å²) in [6.07, 6.45) is 4.24. The quantitative estimate of drug-likeness (QED) is 0.265. The van der Waals surface area contributed by atoms with Gasteiger partial charge in [0.05, 0.1) is 12.8 Å². The molecule has 5 aromatic rings. The van der Waals surface area contributed by atoms with Crippen LogP contribution in [0.3, 0.4) is 0 Å². The highest BCUT2D eigenvalue weighted by atomic mass is 32.1. The van der Waals surface area contributed by atoms with Crippen molar-refractivity contribution in [1.29, 1.82) is 0 Å². The van der Waals surface area contributed by atoms with Gasteiger partial charge in [-0.15, -0.1) is 11.3 Å². The lowest BCUT2D eigenvalue weighted by Crippen LogP contribution is -1.97. The Morgan fingerprint density at radius 1 is 0.844 bits per heavy atom. The van der Waals surface area contributed by atoms with Crippen molar-refractivity contribution >= 4 is 31.5 Å². The summed E-state index contributed by atoms with van der Waals surface area (Å²) in [5.41, 5.74) is 6.08. The number of benzene rings is 3. The lowest BCUT2D eigenvalue weighted by Gasteiger charge is -2.14. The van der Waals surface area contributed by atoms with Crippen molar-refractivity contribution in [2.45, 2.75) is 32.6 Å². The highest BCUT2D eigenvalue weighted by molar-refractivity contribution is 7.27. The van der Waals surface area contributed by atoms with Crippen molar-refractivity contribution in [3.8, 4) is 28.1 Å². The molecule has 0 spiro atoms. The van der Waals surface area contributed by atoms with Gasteiger partial charge < -0.3 is 4.74 Å². The molecule has 0 saturated heterocycles. The number of rotatable bonds is 6. The second-order valence-corrected chi connectivity index (χ2v) is 9.18. The van der Waals surface area contributed by atoms with E-state index in [0.717, 1.165) is 24.3 Å². The molecule has 0 fully saturated rings. The molecule has 2 aromatic heterocycles. The van der Waals surface area contributed by atoms with E-state index in [4.69, 9.17) is 9.72 Å². The third-order valence-corrected chi connectivity index (χ3v) is 7.70. The van der Waals surface area contributed by atoms with E-state index in [9.17, 15) is 0 Å². The van der Waals surface area contributed by atoms with Gasteiger partial charge >= 0.3 is 0 Å². The fourth-order valence-electron chi connectivity index (χ4n) is 4.70. The van der Waals surface area contributed by atoms with Crippen molar-refractivity contribution in [3.63, 3.8) is 0 Å². The van der Waals surface area contributed by atoms with Crippen LogP contribution in [0.5, 0.6) is 5.75 Å². The largest absolute Gasteiger partial charge is 0.496 e.